The standard InChI is InChI=1S/C10H12IN3O4/c1-10(2)7(15)13(3)9(17)14(8(10)16)6-4-5(11)12-18-6/h6H,4H2,1-3H3. The molecule has 4 amide bonds. The third-order valence-electron chi connectivity index (χ3n) is 2.99. The molecule has 1 atom stereocenters. The van der Waals surface area contributed by atoms with Crippen LogP contribution in [-0.4, -0.2) is 44.6 Å². The van der Waals surface area contributed by atoms with Crippen LogP contribution < -0.4 is 0 Å². The minimum Gasteiger partial charge on any atom is -0.369 e. The molecular formula is C10H12IN3O4. The quantitative estimate of drug-likeness (QED) is 0.512. The van der Waals surface area contributed by atoms with Crippen LogP contribution in [0.2, 0.25) is 0 Å². The largest absolute Gasteiger partial charge is 0.369 e. The van der Waals surface area contributed by atoms with E-state index in [1.807, 2.05) is 22.6 Å². The van der Waals surface area contributed by atoms with Crippen LogP contribution in [0.4, 0.5) is 4.79 Å². The van der Waals surface area contributed by atoms with Crippen LogP contribution in [0.1, 0.15) is 20.3 Å². The maximum Gasteiger partial charge on any atom is 0.336 e. The number of imide groups is 2. The van der Waals surface area contributed by atoms with Crippen molar-refractivity contribution in [1.29, 1.82) is 0 Å². The highest BCUT2D eigenvalue weighted by Crippen LogP contribution is 2.31. The van der Waals surface area contributed by atoms with Crippen LogP contribution in [0.3, 0.4) is 0 Å². The summed E-state index contributed by atoms with van der Waals surface area (Å²) >= 11 is 1.97. The number of halogens is 1. The zero-order valence-electron chi connectivity index (χ0n) is 10.1. The maximum absolute atomic E-state index is 12.2. The van der Waals surface area contributed by atoms with Gasteiger partial charge in [-0.1, -0.05) is 5.16 Å². The highest BCUT2D eigenvalue weighted by molar-refractivity contribution is 14.1. The highest BCUT2D eigenvalue weighted by atomic mass is 127. The molecule has 1 fully saturated rings. The van der Waals surface area contributed by atoms with Crippen LogP contribution in [0.15, 0.2) is 5.16 Å². The van der Waals surface area contributed by atoms with E-state index in [0.29, 0.717) is 10.1 Å². The third-order valence-corrected chi connectivity index (χ3v) is 3.63. The van der Waals surface area contributed by atoms with E-state index < -0.39 is 29.5 Å². The first-order valence-electron chi connectivity index (χ1n) is 5.30. The van der Waals surface area contributed by atoms with Crippen LogP contribution in [-0.2, 0) is 14.4 Å². The van der Waals surface area contributed by atoms with Gasteiger partial charge in [-0.3, -0.25) is 14.5 Å². The molecule has 98 valence electrons. The van der Waals surface area contributed by atoms with E-state index in [9.17, 15) is 14.4 Å². The fraction of sp³-hybridized carbons (Fsp3) is 0.600. The average molecular weight is 365 g/mol. The molecule has 1 saturated heterocycles. The summed E-state index contributed by atoms with van der Waals surface area (Å²) in [6.45, 7) is 2.99. The van der Waals surface area contributed by atoms with E-state index in [0.717, 1.165) is 9.80 Å². The smallest absolute Gasteiger partial charge is 0.336 e. The molecule has 0 aromatic rings. The molecule has 1 unspecified atom stereocenters. The van der Waals surface area contributed by atoms with Gasteiger partial charge in [0.15, 0.2) is 0 Å². The summed E-state index contributed by atoms with van der Waals surface area (Å²) < 4.78 is 0.676. The van der Waals surface area contributed by atoms with Crippen LogP contribution in [0.25, 0.3) is 0 Å². The Kier molecular flexibility index (Phi) is 3.07. The van der Waals surface area contributed by atoms with Crippen molar-refractivity contribution in [3.05, 3.63) is 0 Å². The zero-order chi connectivity index (χ0) is 13.7. The summed E-state index contributed by atoms with van der Waals surface area (Å²) in [7, 11) is 1.35. The van der Waals surface area contributed by atoms with Crippen molar-refractivity contribution in [2.24, 2.45) is 10.6 Å². The van der Waals surface area contributed by atoms with Crippen molar-refractivity contribution < 1.29 is 19.2 Å². The van der Waals surface area contributed by atoms with E-state index >= 15 is 0 Å². The van der Waals surface area contributed by atoms with E-state index in [2.05, 4.69) is 5.16 Å². The predicted molar refractivity (Wildman–Crippen MR) is 69.7 cm³/mol. The second-order valence-electron chi connectivity index (χ2n) is 4.68. The predicted octanol–water partition coefficient (Wildman–Crippen LogP) is 0.928. The topological polar surface area (TPSA) is 79.3 Å². The number of rotatable bonds is 1. The number of oxime groups is 1. The van der Waals surface area contributed by atoms with Gasteiger partial charge in [0.1, 0.15) is 9.13 Å². The van der Waals surface area contributed by atoms with Gasteiger partial charge in [0, 0.05) is 7.05 Å². The Morgan fingerprint density at radius 1 is 1.33 bits per heavy atom. The first kappa shape index (κ1) is 13.2. The second-order valence-corrected chi connectivity index (χ2v) is 5.92. The Morgan fingerprint density at radius 2 is 1.94 bits per heavy atom. The Hall–Kier alpha value is -1.19. The molecule has 0 aliphatic carbocycles. The number of barbiturate groups is 1. The van der Waals surface area contributed by atoms with Gasteiger partial charge < -0.3 is 4.84 Å². The monoisotopic (exact) mass is 365 g/mol. The molecule has 2 aliphatic heterocycles. The molecule has 0 aromatic carbocycles. The number of hydrogen-bond donors (Lipinski definition) is 0. The molecule has 0 radical (unpaired) electrons. The fourth-order valence-corrected chi connectivity index (χ4v) is 2.37. The van der Waals surface area contributed by atoms with Crippen LogP contribution in [0, 0.1) is 5.41 Å². The Labute approximate surface area is 117 Å². The summed E-state index contributed by atoms with van der Waals surface area (Å²) in [4.78, 5) is 43.1. The van der Waals surface area contributed by atoms with Gasteiger partial charge in [-0.2, -0.15) is 0 Å². The van der Waals surface area contributed by atoms with Gasteiger partial charge in [-0.15, -0.1) is 0 Å². The minimum atomic E-state index is -1.26. The number of amides is 4. The highest BCUT2D eigenvalue weighted by Gasteiger charge is 2.53. The summed E-state index contributed by atoms with van der Waals surface area (Å²) in [6, 6.07) is -0.671. The molecule has 18 heavy (non-hydrogen) atoms. The number of nitrogens with zero attached hydrogens (tertiary/aromatic N) is 3. The summed E-state index contributed by atoms with van der Waals surface area (Å²) in [5, 5.41) is 3.71. The molecule has 0 saturated carbocycles. The van der Waals surface area contributed by atoms with Gasteiger partial charge in [-0.25, -0.2) is 9.69 Å². The summed E-state index contributed by atoms with van der Waals surface area (Å²) in [5.74, 6) is -1.07. The fourth-order valence-electron chi connectivity index (χ4n) is 1.88. The van der Waals surface area contributed by atoms with Gasteiger partial charge in [-0.05, 0) is 36.4 Å². The Balaban J connectivity index is 2.32. The van der Waals surface area contributed by atoms with Crippen molar-refractivity contribution >= 4 is 44.2 Å². The van der Waals surface area contributed by atoms with Gasteiger partial charge >= 0.3 is 6.03 Å². The molecule has 2 aliphatic rings. The van der Waals surface area contributed by atoms with Crippen molar-refractivity contribution in [3.8, 4) is 0 Å². The number of carbonyl (C=O) groups is 3. The molecule has 0 N–H and O–H groups in total. The normalized spacial score (nSPS) is 27.4. The number of urea groups is 1. The van der Waals surface area contributed by atoms with Crippen molar-refractivity contribution in [3.63, 3.8) is 0 Å². The van der Waals surface area contributed by atoms with Gasteiger partial charge in [0.25, 0.3) is 0 Å². The lowest BCUT2D eigenvalue weighted by Crippen LogP contribution is -2.64. The second kappa shape index (κ2) is 4.18. The first-order valence-corrected chi connectivity index (χ1v) is 6.38. The maximum atomic E-state index is 12.2. The molecule has 2 heterocycles. The lowest BCUT2D eigenvalue weighted by Gasteiger charge is -2.40. The average Bonchev–Trinajstić information content (AvgIpc) is 2.72. The lowest BCUT2D eigenvalue weighted by molar-refractivity contribution is -0.163. The molecule has 0 aromatic heterocycles. The SMILES string of the molecule is CN1C(=O)N(C2CC(I)=NO2)C(=O)C(C)(C)C1=O. The molecule has 8 heteroatoms. The van der Waals surface area contributed by atoms with Crippen molar-refractivity contribution in [2.45, 2.75) is 26.5 Å². The van der Waals surface area contributed by atoms with Crippen LogP contribution in [0.5, 0.6) is 0 Å². The van der Waals surface area contributed by atoms with Crippen LogP contribution >= 0.6 is 22.6 Å². The Bertz CT molecular complexity index is 474. The molecule has 0 spiro atoms. The number of carbonyl (C=O) groups excluding carboxylic acids is 3. The number of hydrogen-bond acceptors (Lipinski definition) is 5. The van der Waals surface area contributed by atoms with E-state index in [1.54, 1.807) is 0 Å². The van der Waals surface area contributed by atoms with E-state index in [-0.39, 0.29) is 0 Å². The molecule has 7 nitrogen and oxygen atoms in total. The summed E-state index contributed by atoms with van der Waals surface area (Å²) in [5.41, 5.74) is -1.26. The van der Waals surface area contributed by atoms with E-state index in [1.165, 1.54) is 20.9 Å². The van der Waals surface area contributed by atoms with Gasteiger partial charge in [0.05, 0.1) is 6.42 Å². The molecule has 0 bridgehead atoms. The first-order chi connectivity index (χ1) is 8.26. The third kappa shape index (κ3) is 1.78. The van der Waals surface area contributed by atoms with Crippen molar-refractivity contribution in [2.75, 3.05) is 7.05 Å². The minimum absolute atomic E-state index is 0.357. The van der Waals surface area contributed by atoms with Crippen molar-refractivity contribution in [1.82, 2.24) is 9.80 Å². The van der Waals surface area contributed by atoms with E-state index in [4.69, 9.17) is 4.84 Å². The molecule has 2 rings (SSSR count). The lowest BCUT2D eigenvalue weighted by atomic mass is 9.88. The Morgan fingerprint density at radius 3 is 2.44 bits per heavy atom. The molecular weight excluding hydrogens is 353 g/mol. The van der Waals surface area contributed by atoms with Gasteiger partial charge in [0.2, 0.25) is 18.0 Å². The zero-order valence-corrected chi connectivity index (χ0v) is 12.3. The summed E-state index contributed by atoms with van der Waals surface area (Å²) in [6.07, 6.45) is -0.400.